The second-order valence-electron chi connectivity index (χ2n) is 6.19. The van der Waals surface area contributed by atoms with Crippen LogP contribution in [0.1, 0.15) is 11.1 Å². The number of hydrogen-bond acceptors (Lipinski definition) is 3. The smallest absolute Gasteiger partial charge is 0.215 e. The number of benzene rings is 2. The average molecular weight is 395 g/mol. The van der Waals surface area contributed by atoms with Crippen LogP contribution in [-0.4, -0.2) is 37.0 Å². The Kier molecular flexibility index (Phi) is 5.70. The summed E-state index contributed by atoms with van der Waals surface area (Å²) in [5.41, 5.74) is 4.52. The summed E-state index contributed by atoms with van der Waals surface area (Å²) >= 11 is 0. The van der Waals surface area contributed by atoms with Gasteiger partial charge in [-0.25, -0.2) is 0 Å². The fourth-order valence-electron chi connectivity index (χ4n) is 3.42. The molecule has 121 valence electrons. The minimum Gasteiger partial charge on any atom is -0.391 e. The molecule has 1 radical (unpaired) electrons. The van der Waals surface area contributed by atoms with Gasteiger partial charge in [0, 0.05) is 71.9 Å². The number of rotatable bonds is 3. The fourth-order valence-corrected chi connectivity index (χ4v) is 3.42. The molecular weight excluding hydrogens is 375 g/mol. The number of anilines is 2. The molecule has 4 nitrogen and oxygen atoms in total. The van der Waals surface area contributed by atoms with Gasteiger partial charge in [0.1, 0.15) is 0 Å². The van der Waals surface area contributed by atoms with E-state index in [1.54, 1.807) is 0 Å². The molecule has 0 spiro atoms. The van der Waals surface area contributed by atoms with Crippen LogP contribution in [0.2, 0.25) is 0 Å². The van der Waals surface area contributed by atoms with Crippen molar-refractivity contribution >= 4 is 17.3 Å². The Hall–Kier alpha value is -1.23. The number of carbonyl (C=O) groups is 1. The first-order valence-electron chi connectivity index (χ1n) is 8.14. The maximum Gasteiger partial charge on any atom is 0.215 e. The summed E-state index contributed by atoms with van der Waals surface area (Å²) in [4.78, 5) is 16.5. The van der Waals surface area contributed by atoms with Gasteiger partial charge in [0.05, 0.1) is 0 Å². The van der Waals surface area contributed by atoms with Crippen LogP contribution in [0.4, 0.5) is 11.4 Å². The molecule has 0 atom stereocenters. The third-order valence-corrected chi connectivity index (χ3v) is 4.63. The van der Waals surface area contributed by atoms with Gasteiger partial charge in [0.15, 0.2) is 0 Å². The van der Waals surface area contributed by atoms with Crippen molar-refractivity contribution in [2.24, 2.45) is 0 Å². The van der Waals surface area contributed by atoms with E-state index >= 15 is 0 Å². The van der Waals surface area contributed by atoms with Crippen LogP contribution in [0.3, 0.4) is 0 Å². The second kappa shape index (κ2) is 7.77. The Morgan fingerprint density at radius 3 is 2.54 bits per heavy atom. The van der Waals surface area contributed by atoms with E-state index in [1.165, 1.54) is 5.56 Å². The summed E-state index contributed by atoms with van der Waals surface area (Å²) in [7, 11) is 0. The van der Waals surface area contributed by atoms with Gasteiger partial charge < -0.3 is 10.2 Å². The first-order chi connectivity index (χ1) is 11.3. The van der Waals surface area contributed by atoms with Crippen LogP contribution in [-0.2, 0) is 50.5 Å². The van der Waals surface area contributed by atoms with Crippen LogP contribution in [0, 0.1) is 6.07 Å². The Balaban J connectivity index is 0.00000169. The normalized spacial score (nSPS) is 17.2. The molecule has 0 aromatic heterocycles. The summed E-state index contributed by atoms with van der Waals surface area (Å²) in [5, 5.41) is 2.92. The Morgan fingerprint density at radius 2 is 1.79 bits per heavy atom. The van der Waals surface area contributed by atoms with E-state index in [-0.39, 0.29) is 38.6 Å². The Bertz CT molecular complexity index is 712. The first-order valence-corrected chi connectivity index (χ1v) is 8.14. The van der Waals surface area contributed by atoms with Gasteiger partial charge in [-0.3, -0.25) is 9.69 Å². The molecule has 24 heavy (non-hydrogen) atoms. The SMILES string of the molecule is O=C1Cc2c(N3CCN(Cc4ccccc4)CC3)[c-]ccc2N1.[Y]. The van der Waals surface area contributed by atoms with Crippen LogP contribution in [0.5, 0.6) is 0 Å². The van der Waals surface area contributed by atoms with E-state index in [0.29, 0.717) is 6.42 Å². The van der Waals surface area contributed by atoms with Crippen LogP contribution in [0.25, 0.3) is 0 Å². The van der Waals surface area contributed by atoms with Gasteiger partial charge >= 0.3 is 0 Å². The molecule has 2 heterocycles. The maximum absolute atomic E-state index is 11.6. The molecule has 2 aromatic carbocycles. The number of nitrogens with one attached hydrogen (secondary N) is 1. The molecule has 0 bridgehead atoms. The molecule has 1 N–H and O–H groups in total. The van der Waals surface area contributed by atoms with Gasteiger partial charge in [-0.2, -0.15) is 12.1 Å². The van der Waals surface area contributed by atoms with Crippen LogP contribution in [0.15, 0.2) is 42.5 Å². The topological polar surface area (TPSA) is 35.6 Å². The molecule has 1 fully saturated rings. The standard InChI is InChI=1S/C19H20N3O.Y/c23-19-13-16-17(20-19)7-4-8-18(16)22-11-9-21(10-12-22)14-15-5-2-1-3-6-15;/h1-7H,9-14H2,(H,20,23);/q-1;. The summed E-state index contributed by atoms with van der Waals surface area (Å²) in [6.07, 6.45) is 0.478. The number of hydrogen-bond donors (Lipinski definition) is 1. The van der Waals surface area contributed by atoms with Crippen molar-refractivity contribution in [2.45, 2.75) is 13.0 Å². The molecule has 0 saturated carbocycles. The Morgan fingerprint density at radius 1 is 1.04 bits per heavy atom. The predicted octanol–water partition coefficient (Wildman–Crippen LogP) is 2.30. The number of nitrogens with zero attached hydrogens (tertiary/aromatic N) is 2. The van der Waals surface area contributed by atoms with E-state index < -0.39 is 0 Å². The molecule has 0 aliphatic carbocycles. The van der Waals surface area contributed by atoms with Crippen molar-refractivity contribution in [1.82, 2.24) is 4.90 Å². The molecule has 1 amide bonds. The number of piperazine rings is 1. The largest absolute Gasteiger partial charge is 0.391 e. The van der Waals surface area contributed by atoms with Crippen molar-refractivity contribution in [2.75, 3.05) is 36.4 Å². The van der Waals surface area contributed by atoms with Gasteiger partial charge in [-0.1, -0.05) is 41.7 Å². The van der Waals surface area contributed by atoms with E-state index in [4.69, 9.17) is 0 Å². The number of carbonyl (C=O) groups excluding carboxylic acids is 1. The third kappa shape index (κ3) is 3.71. The summed E-state index contributed by atoms with van der Waals surface area (Å²) in [6.45, 7) is 5.04. The zero-order valence-electron chi connectivity index (χ0n) is 13.7. The van der Waals surface area contributed by atoms with Gasteiger partial charge in [0.25, 0.3) is 0 Å². The molecule has 1 saturated heterocycles. The van der Waals surface area contributed by atoms with E-state index in [1.807, 2.05) is 12.1 Å². The van der Waals surface area contributed by atoms with E-state index in [2.05, 4.69) is 51.5 Å². The summed E-state index contributed by atoms with van der Waals surface area (Å²) < 4.78 is 0. The molecule has 2 aromatic rings. The van der Waals surface area contributed by atoms with Gasteiger partial charge in [0.2, 0.25) is 5.91 Å². The molecule has 2 aliphatic heterocycles. The predicted molar refractivity (Wildman–Crippen MR) is 91.5 cm³/mol. The zero-order valence-corrected chi connectivity index (χ0v) is 16.5. The van der Waals surface area contributed by atoms with Crippen molar-refractivity contribution in [3.8, 4) is 0 Å². The summed E-state index contributed by atoms with van der Waals surface area (Å²) in [5.74, 6) is 0.0866. The van der Waals surface area contributed by atoms with Crippen molar-refractivity contribution in [1.29, 1.82) is 0 Å². The second-order valence-corrected chi connectivity index (χ2v) is 6.19. The number of amides is 1. The fraction of sp³-hybridized carbons (Fsp3) is 0.316. The molecule has 2 aliphatic rings. The van der Waals surface area contributed by atoms with Gasteiger partial charge in [-0.15, -0.1) is 11.6 Å². The Labute approximate surface area is 168 Å². The number of fused-ring (bicyclic) bond motifs is 1. The van der Waals surface area contributed by atoms with Crippen LogP contribution >= 0.6 is 0 Å². The monoisotopic (exact) mass is 395 g/mol. The van der Waals surface area contributed by atoms with Crippen LogP contribution < -0.4 is 10.2 Å². The quantitative estimate of drug-likeness (QED) is 0.811. The van der Waals surface area contributed by atoms with E-state index in [9.17, 15) is 4.79 Å². The first kappa shape index (κ1) is 17.6. The third-order valence-electron chi connectivity index (χ3n) is 4.63. The minimum atomic E-state index is 0. The minimum absolute atomic E-state index is 0. The van der Waals surface area contributed by atoms with Crippen molar-refractivity contribution in [3.63, 3.8) is 0 Å². The average Bonchev–Trinajstić information content (AvgIpc) is 2.97. The molecular formula is C19H20N3OY-. The molecule has 4 rings (SSSR count). The summed E-state index contributed by atoms with van der Waals surface area (Å²) in [6, 6.07) is 17.8. The zero-order chi connectivity index (χ0) is 15.6. The van der Waals surface area contributed by atoms with Crippen molar-refractivity contribution in [3.05, 3.63) is 59.7 Å². The maximum atomic E-state index is 11.6. The van der Waals surface area contributed by atoms with E-state index in [0.717, 1.165) is 49.7 Å². The van der Waals surface area contributed by atoms with Crippen molar-refractivity contribution < 1.29 is 37.5 Å². The van der Waals surface area contributed by atoms with Gasteiger partial charge in [-0.05, 0) is 5.56 Å². The molecule has 5 heteroatoms. The molecule has 0 unspecified atom stereocenters.